The molecule has 2 aliphatic heterocycles. The highest BCUT2D eigenvalue weighted by Crippen LogP contribution is 2.46. The van der Waals surface area contributed by atoms with Crippen molar-refractivity contribution in [2.24, 2.45) is 0 Å². The van der Waals surface area contributed by atoms with Crippen molar-refractivity contribution < 1.29 is 14.3 Å². The quantitative estimate of drug-likeness (QED) is 0.784. The van der Waals surface area contributed by atoms with Crippen LogP contribution >= 0.6 is 0 Å². The standard InChI is InChI=1S/C16H20O3/c1-9-7-13-11(3)15-14(8-10(2)18-15)12(5-4-6-17)16(13)19-9/h6,9-10H,4-5,7-8H2,1-3H3. The van der Waals surface area contributed by atoms with E-state index in [9.17, 15) is 4.79 Å². The van der Waals surface area contributed by atoms with E-state index < -0.39 is 0 Å². The molecule has 2 atom stereocenters. The van der Waals surface area contributed by atoms with E-state index in [0.717, 1.165) is 37.0 Å². The second kappa shape index (κ2) is 4.55. The van der Waals surface area contributed by atoms with E-state index in [4.69, 9.17) is 9.47 Å². The van der Waals surface area contributed by atoms with Gasteiger partial charge in [0.1, 0.15) is 30.0 Å². The molecule has 1 aromatic carbocycles. The first-order valence-electron chi connectivity index (χ1n) is 7.06. The summed E-state index contributed by atoms with van der Waals surface area (Å²) in [5.74, 6) is 2.08. The summed E-state index contributed by atoms with van der Waals surface area (Å²) in [5, 5.41) is 0. The molecule has 0 saturated carbocycles. The first kappa shape index (κ1) is 12.5. The average molecular weight is 260 g/mol. The topological polar surface area (TPSA) is 35.5 Å². The van der Waals surface area contributed by atoms with Crippen LogP contribution in [0.4, 0.5) is 0 Å². The number of hydrogen-bond acceptors (Lipinski definition) is 3. The summed E-state index contributed by atoms with van der Waals surface area (Å²) >= 11 is 0. The van der Waals surface area contributed by atoms with Gasteiger partial charge < -0.3 is 14.3 Å². The van der Waals surface area contributed by atoms with Crippen LogP contribution in [0.2, 0.25) is 0 Å². The number of fused-ring (bicyclic) bond motifs is 2. The molecule has 3 nitrogen and oxygen atoms in total. The molecule has 0 fully saturated rings. The molecule has 3 heteroatoms. The molecule has 1 aromatic rings. The van der Waals surface area contributed by atoms with Gasteiger partial charge in [-0.25, -0.2) is 0 Å². The van der Waals surface area contributed by atoms with Crippen LogP contribution in [0.3, 0.4) is 0 Å². The maximum Gasteiger partial charge on any atom is 0.127 e. The number of ether oxygens (including phenoxy) is 2. The van der Waals surface area contributed by atoms with Crippen LogP contribution < -0.4 is 9.47 Å². The van der Waals surface area contributed by atoms with Gasteiger partial charge in [-0.05, 0) is 32.8 Å². The van der Waals surface area contributed by atoms with Gasteiger partial charge in [0.15, 0.2) is 0 Å². The lowest BCUT2D eigenvalue weighted by Gasteiger charge is -2.15. The second-order valence-electron chi connectivity index (χ2n) is 5.69. The third kappa shape index (κ3) is 1.92. The SMILES string of the molecule is Cc1c2c(c(CCC=O)c3c1OC(C)C3)OC(C)C2. The molecule has 2 heterocycles. The van der Waals surface area contributed by atoms with Crippen molar-refractivity contribution in [1.82, 2.24) is 0 Å². The number of carbonyl (C=O) groups is 1. The van der Waals surface area contributed by atoms with Gasteiger partial charge in [0.2, 0.25) is 0 Å². The van der Waals surface area contributed by atoms with Crippen molar-refractivity contribution >= 4 is 6.29 Å². The predicted octanol–water partition coefficient (Wildman–Crippen LogP) is 2.77. The number of benzene rings is 1. The van der Waals surface area contributed by atoms with E-state index in [2.05, 4.69) is 20.8 Å². The van der Waals surface area contributed by atoms with Gasteiger partial charge in [0, 0.05) is 36.0 Å². The second-order valence-corrected chi connectivity index (χ2v) is 5.69. The van der Waals surface area contributed by atoms with Crippen molar-refractivity contribution in [3.8, 4) is 11.5 Å². The Kier molecular flexibility index (Phi) is 3.00. The maximum absolute atomic E-state index is 10.7. The molecule has 3 rings (SSSR count). The minimum absolute atomic E-state index is 0.226. The number of aldehydes is 1. The molecule has 0 N–H and O–H groups in total. The van der Waals surface area contributed by atoms with Crippen LogP contribution in [0.25, 0.3) is 0 Å². The van der Waals surface area contributed by atoms with Crippen molar-refractivity contribution in [2.75, 3.05) is 0 Å². The molecular weight excluding hydrogens is 240 g/mol. The van der Waals surface area contributed by atoms with Crippen molar-refractivity contribution in [2.45, 2.75) is 58.7 Å². The van der Waals surface area contributed by atoms with E-state index in [1.807, 2.05) is 0 Å². The molecule has 0 saturated heterocycles. The molecule has 19 heavy (non-hydrogen) atoms. The van der Waals surface area contributed by atoms with E-state index in [1.165, 1.54) is 22.3 Å². The van der Waals surface area contributed by atoms with Crippen LogP contribution in [-0.4, -0.2) is 18.5 Å². The molecule has 0 radical (unpaired) electrons. The van der Waals surface area contributed by atoms with E-state index >= 15 is 0 Å². The summed E-state index contributed by atoms with van der Waals surface area (Å²) in [7, 11) is 0. The van der Waals surface area contributed by atoms with Gasteiger partial charge in [-0.1, -0.05) is 0 Å². The van der Waals surface area contributed by atoms with Crippen LogP contribution in [0.5, 0.6) is 11.5 Å². The Bertz CT molecular complexity index is 494. The molecule has 0 aromatic heterocycles. The van der Waals surface area contributed by atoms with Crippen LogP contribution in [0.15, 0.2) is 0 Å². The largest absolute Gasteiger partial charge is 0.490 e. The first-order chi connectivity index (χ1) is 9.11. The Balaban J connectivity index is 2.14. The van der Waals surface area contributed by atoms with E-state index in [-0.39, 0.29) is 12.2 Å². The summed E-state index contributed by atoms with van der Waals surface area (Å²) in [6, 6.07) is 0. The summed E-state index contributed by atoms with van der Waals surface area (Å²) in [6.07, 6.45) is 4.62. The fourth-order valence-electron chi connectivity index (χ4n) is 3.28. The Labute approximate surface area is 113 Å². The zero-order valence-corrected chi connectivity index (χ0v) is 11.8. The number of carbonyl (C=O) groups excluding carboxylic acids is 1. The Morgan fingerprint density at radius 3 is 2.42 bits per heavy atom. The van der Waals surface area contributed by atoms with Gasteiger partial charge in [-0.3, -0.25) is 0 Å². The van der Waals surface area contributed by atoms with Gasteiger partial charge in [0.05, 0.1) is 0 Å². The van der Waals surface area contributed by atoms with Crippen molar-refractivity contribution in [3.63, 3.8) is 0 Å². The molecule has 102 valence electrons. The average Bonchev–Trinajstić information content (AvgIpc) is 2.93. The summed E-state index contributed by atoms with van der Waals surface area (Å²) < 4.78 is 12.0. The third-order valence-corrected chi connectivity index (χ3v) is 4.11. The summed E-state index contributed by atoms with van der Waals surface area (Å²) in [5.41, 5.74) is 4.98. The fourth-order valence-corrected chi connectivity index (χ4v) is 3.28. The first-order valence-corrected chi connectivity index (χ1v) is 7.06. The normalized spacial score (nSPS) is 23.5. The minimum atomic E-state index is 0.226. The van der Waals surface area contributed by atoms with E-state index in [1.54, 1.807) is 0 Å². The highest BCUT2D eigenvalue weighted by atomic mass is 16.5. The Morgan fingerprint density at radius 1 is 1.11 bits per heavy atom. The van der Waals surface area contributed by atoms with Gasteiger partial charge in [-0.2, -0.15) is 0 Å². The van der Waals surface area contributed by atoms with Gasteiger partial charge >= 0.3 is 0 Å². The Morgan fingerprint density at radius 2 is 1.74 bits per heavy atom. The lowest BCUT2D eigenvalue weighted by molar-refractivity contribution is -0.107. The number of rotatable bonds is 3. The molecule has 2 aliphatic rings. The molecule has 0 bridgehead atoms. The maximum atomic E-state index is 10.7. The lowest BCUT2D eigenvalue weighted by atomic mass is 9.91. The van der Waals surface area contributed by atoms with Crippen LogP contribution in [0.1, 0.15) is 42.5 Å². The molecule has 0 spiro atoms. The smallest absolute Gasteiger partial charge is 0.127 e. The van der Waals surface area contributed by atoms with Crippen molar-refractivity contribution in [1.29, 1.82) is 0 Å². The van der Waals surface area contributed by atoms with Gasteiger partial charge in [0.25, 0.3) is 0 Å². The summed E-state index contributed by atoms with van der Waals surface area (Å²) in [4.78, 5) is 10.7. The highest BCUT2D eigenvalue weighted by molar-refractivity contribution is 5.63. The summed E-state index contributed by atoms with van der Waals surface area (Å²) in [6.45, 7) is 6.32. The molecule has 0 aliphatic carbocycles. The monoisotopic (exact) mass is 260 g/mol. The zero-order chi connectivity index (χ0) is 13.6. The van der Waals surface area contributed by atoms with Crippen molar-refractivity contribution in [3.05, 3.63) is 22.3 Å². The van der Waals surface area contributed by atoms with E-state index in [0.29, 0.717) is 6.42 Å². The van der Waals surface area contributed by atoms with Crippen LogP contribution in [0, 0.1) is 6.92 Å². The highest BCUT2D eigenvalue weighted by Gasteiger charge is 2.33. The minimum Gasteiger partial charge on any atom is -0.490 e. The third-order valence-electron chi connectivity index (χ3n) is 4.11. The molecular formula is C16H20O3. The molecule has 2 unspecified atom stereocenters. The lowest BCUT2D eigenvalue weighted by Crippen LogP contribution is -2.08. The fraction of sp³-hybridized carbons (Fsp3) is 0.562. The van der Waals surface area contributed by atoms with Gasteiger partial charge in [-0.15, -0.1) is 0 Å². The number of hydrogen-bond donors (Lipinski definition) is 0. The van der Waals surface area contributed by atoms with Crippen LogP contribution in [-0.2, 0) is 24.1 Å². The Hall–Kier alpha value is -1.51. The molecule has 0 amide bonds. The zero-order valence-electron chi connectivity index (χ0n) is 11.8. The predicted molar refractivity (Wildman–Crippen MR) is 73.2 cm³/mol.